The van der Waals surface area contributed by atoms with Crippen molar-refractivity contribution >= 4 is 29.1 Å². The molecule has 1 aliphatic rings. The number of nitrogens with one attached hydrogen (secondary N) is 3. The standard InChI is InChI=1S/C26H36N8O2/c1-18(2)22-17-28-34-24(22)31-25(30-20-10-13-36-14-11-20)32-26(34)27-16-19-7-5-8-21(15-19)29-23(35)9-6-12-33(3)4/h5-9,15,17-18,20H,10-14,16H2,1-4H3,(H,29,35)(H2,27,30,31,32)/b9-6+. The average Bonchev–Trinajstić information content (AvgIpc) is 3.28. The van der Waals surface area contributed by atoms with Gasteiger partial charge in [-0.05, 0) is 50.6 Å². The maximum Gasteiger partial charge on any atom is 0.248 e. The van der Waals surface area contributed by atoms with Crippen molar-refractivity contribution in [2.24, 2.45) is 0 Å². The highest BCUT2D eigenvalue weighted by Gasteiger charge is 2.19. The molecule has 0 aliphatic carbocycles. The van der Waals surface area contributed by atoms with Crippen molar-refractivity contribution < 1.29 is 9.53 Å². The van der Waals surface area contributed by atoms with Crippen LogP contribution in [-0.4, -0.2) is 70.3 Å². The molecule has 1 aromatic carbocycles. The van der Waals surface area contributed by atoms with Gasteiger partial charge in [-0.1, -0.05) is 32.1 Å². The third-order valence-corrected chi connectivity index (χ3v) is 5.96. The first kappa shape index (κ1) is 25.6. The van der Waals surface area contributed by atoms with Gasteiger partial charge in [0.05, 0.1) is 6.20 Å². The molecular weight excluding hydrogens is 456 g/mol. The largest absolute Gasteiger partial charge is 0.381 e. The Morgan fingerprint density at radius 3 is 2.81 bits per heavy atom. The molecule has 1 fully saturated rings. The van der Waals surface area contributed by atoms with Crippen molar-refractivity contribution in [3.8, 4) is 0 Å². The molecule has 1 amide bonds. The summed E-state index contributed by atoms with van der Waals surface area (Å²) >= 11 is 0. The molecular formula is C26H36N8O2. The number of anilines is 3. The molecule has 0 bridgehead atoms. The molecule has 0 radical (unpaired) electrons. The number of aromatic nitrogens is 4. The number of ether oxygens (including phenoxy) is 1. The Labute approximate surface area is 212 Å². The Balaban J connectivity index is 1.50. The minimum atomic E-state index is -0.152. The Bertz CT molecular complexity index is 1200. The molecule has 0 atom stereocenters. The van der Waals surface area contributed by atoms with Gasteiger partial charge < -0.3 is 25.6 Å². The third-order valence-electron chi connectivity index (χ3n) is 5.96. The number of hydrogen-bond acceptors (Lipinski definition) is 8. The van der Waals surface area contributed by atoms with Crippen molar-refractivity contribution in [1.29, 1.82) is 0 Å². The summed E-state index contributed by atoms with van der Waals surface area (Å²) in [6.45, 7) is 6.98. The highest BCUT2D eigenvalue weighted by molar-refractivity contribution is 5.99. The molecule has 192 valence electrons. The number of benzene rings is 1. The lowest BCUT2D eigenvalue weighted by Crippen LogP contribution is -2.29. The van der Waals surface area contributed by atoms with Crippen molar-refractivity contribution in [1.82, 2.24) is 24.5 Å². The Kier molecular flexibility index (Phi) is 8.50. The number of amides is 1. The van der Waals surface area contributed by atoms with Crippen LogP contribution in [0, 0.1) is 0 Å². The molecule has 0 spiro atoms. The molecule has 36 heavy (non-hydrogen) atoms. The van der Waals surface area contributed by atoms with E-state index in [1.807, 2.05) is 55.5 Å². The second kappa shape index (κ2) is 12.0. The van der Waals surface area contributed by atoms with Crippen molar-refractivity contribution in [3.63, 3.8) is 0 Å². The topological polar surface area (TPSA) is 109 Å². The lowest BCUT2D eigenvalue weighted by Gasteiger charge is -2.23. The van der Waals surface area contributed by atoms with Gasteiger partial charge >= 0.3 is 0 Å². The first-order chi connectivity index (χ1) is 17.4. The highest BCUT2D eigenvalue weighted by atomic mass is 16.5. The fourth-order valence-corrected chi connectivity index (χ4v) is 4.00. The van der Waals surface area contributed by atoms with Crippen LogP contribution in [0.2, 0.25) is 0 Å². The number of fused-ring (bicyclic) bond motifs is 1. The SMILES string of the molecule is CC(C)c1cnn2c(NCc3cccc(NC(=O)/C=C/CN(C)C)c3)nc(NC3CCOCC3)nc12. The lowest BCUT2D eigenvalue weighted by atomic mass is 10.1. The molecule has 0 unspecified atom stereocenters. The second-order valence-corrected chi connectivity index (χ2v) is 9.60. The summed E-state index contributed by atoms with van der Waals surface area (Å²) in [5, 5.41) is 14.4. The molecule has 4 rings (SSSR count). The molecule has 10 nitrogen and oxygen atoms in total. The van der Waals surface area contributed by atoms with Gasteiger partial charge in [0.2, 0.25) is 17.8 Å². The number of nitrogens with zero attached hydrogens (tertiary/aromatic N) is 5. The van der Waals surface area contributed by atoms with E-state index in [0.29, 0.717) is 25.0 Å². The summed E-state index contributed by atoms with van der Waals surface area (Å²) in [5.74, 6) is 1.33. The molecule has 1 aliphatic heterocycles. The number of hydrogen-bond donors (Lipinski definition) is 3. The fraction of sp³-hybridized carbons (Fsp3) is 0.462. The van der Waals surface area contributed by atoms with Crippen LogP contribution in [0.25, 0.3) is 5.65 Å². The Morgan fingerprint density at radius 1 is 1.25 bits per heavy atom. The zero-order valence-electron chi connectivity index (χ0n) is 21.5. The van der Waals surface area contributed by atoms with Crippen molar-refractivity contribution in [3.05, 3.63) is 53.7 Å². The van der Waals surface area contributed by atoms with E-state index in [2.05, 4.69) is 34.9 Å². The highest BCUT2D eigenvalue weighted by Crippen LogP contribution is 2.23. The molecule has 2 aromatic heterocycles. The Morgan fingerprint density at radius 2 is 2.06 bits per heavy atom. The van der Waals surface area contributed by atoms with Gasteiger partial charge in [-0.25, -0.2) is 0 Å². The molecule has 3 N–H and O–H groups in total. The van der Waals surface area contributed by atoms with Gasteiger partial charge in [0.25, 0.3) is 0 Å². The second-order valence-electron chi connectivity index (χ2n) is 9.60. The van der Waals surface area contributed by atoms with Gasteiger partial charge in [0.15, 0.2) is 5.65 Å². The maximum atomic E-state index is 12.2. The normalized spacial score (nSPS) is 14.7. The van der Waals surface area contributed by atoms with Crippen molar-refractivity contribution in [2.75, 3.05) is 49.8 Å². The molecule has 3 heterocycles. The van der Waals surface area contributed by atoms with Gasteiger partial charge in [-0.15, -0.1) is 0 Å². The zero-order valence-corrected chi connectivity index (χ0v) is 21.5. The van der Waals surface area contributed by atoms with E-state index < -0.39 is 0 Å². The van der Waals surface area contributed by atoms with Crippen molar-refractivity contribution in [2.45, 2.75) is 45.2 Å². The van der Waals surface area contributed by atoms with Crippen LogP contribution in [0.3, 0.4) is 0 Å². The summed E-state index contributed by atoms with van der Waals surface area (Å²) in [6, 6.07) is 8.04. The summed E-state index contributed by atoms with van der Waals surface area (Å²) < 4.78 is 7.24. The maximum absolute atomic E-state index is 12.2. The number of likely N-dealkylation sites (N-methyl/N-ethyl adjacent to an activating group) is 1. The fourth-order valence-electron chi connectivity index (χ4n) is 4.00. The first-order valence-electron chi connectivity index (χ1n) is 12.4. The van der Waals surface area contributed by atoms with Crippen LogP contribution in [0.4, 0.5) is 17.6 Å². The molecule has 0 saturated carbocycles. The smallest absolute Gasteiger partial charge is 0.248 e. The minimum Gasteiger partial charge on any atom is -0.381 e. The quantitative estimate of drug-likeness (QED) is 0.369. The predicted octanol–water partition coefficient (Wildman–Crippen LogP) is 3.51. The van der Waals surface area contributed by atoms with Crippen LogP contribution in [0.5, 0.6) is 0 Å². The summed E-state index contributed by atoms with van der Waals surface area (Å²) in [6.07, 6.45) is 7.10. The van der Waals surface area contributed by atoms with Crippen LogP contribution >= 0.6 is 0 Å². The lowest BCUT2D eigenvalue weighted by molar-refractivity contribution is -0.111. The third kappa shape index (κ3) is 6.79. The van der Waals surface area contributed by atoms with Crippen LogP contribution in [0.15, 0.2) is 42.6 Å². The zero-order chi connectivity index (χ0) is 25.5. The summed E-state index contributed by atoms with van der Waals surface area (Å²) in [7, 11) is 3.92. The Hall–Kier alpha value is -3.50. The number of rotatable bonds is 10. The molecule has 1 saturated heterocycles. The van der Waals surface area contributed by atoms with Gasteiger partial charge in [0.1, 0.15) is 0 Å². The molecule has 3 aromatic rings. The van der Waals surface area contributed by atoms with Crippen LogP contribution in [0.1, 0.15) is 43.7 Å². The first-order valence-corrected chi connectivity index (χ1v) is 12.4. The average molecular weight is 493 g/mol. The van der Waals surface area contributed by atoms with Crippen LogP contribution in [-0.2, 0) is 16.1 Å². The molecule has 10 heteroatoms. The summed E-state index contributed by atoms with van der Waals surface area (Å²) in [4.78, 5) is 23.7. The monoisotopic (exact) mass is 492 g/mol. The summed E-state index contributed by atoms with van der Waals surface area (Å²) in [5.41, 5.74) is 3.61. The van der Waals surface area contributed by atoms with E-state index in [1.54, 1.807) is 10.6 Å². The van der Waals surface area contributed by atoms with Gasteiger partial charge in [-0.3, -0.25) is 4.79 Å². The van der Waals surface area contributed by atoms with Gasteiger partial charge in [-0.2, -0.15) is 19.6 Å². The van der Waals surface area contributed by atoms with E-state index in [0.717, 1.165) is 48.5 Å². The van der Waals surface area contributed by atoms with E-state index in [9.17, 15) is 4.79 Å². The van der Waals surface area contributed by atoms with Gasteiger partial charge in [0, 0.05) is 49.7 Å². The predicted molar refractivity (Wildman–Crippen MR) is 142 cm³/mol. The van der Waals surface area contributed by atoms with E-state index in [1.165, 1.54) is 0 Å². The number of carbonyl (C=O) groups is 1. The van der Waals surface area contributed by atoms with E-state index >= 15 is 0 Å². The van der Waals surface area contributed by atoms with E-state index in [4.69, 9.17) is 14.7 Å². The van der Waals surface area contributed by atoms with E-state index in [-0.39, 0.29) is 17.9 Å². The minimum absolute atomic E-state index is 0.152. The van der Waals surface area contributed by atoms with Crippen LogP contribution < -0.4 is 16.0 Å². The number of carbonyl (C=O) groups excluding carboxylic acids is 1.